The molecule has 0 aromatic heterocycles. The first-order valence-electron chi connectivity index (χ1n) is 7.56. The Bertz CT molecular complexity index is 547. The van der Waals surface area contributed by atoms with Gasteiger partial charge < -0.3 is 18.9 Å². The van der Waals surface area contributed by atoms with Crippen LogP contribution in [0.5, 0.6) is 5.75 Å². The van der Waals surface area contributed by atoms with Gasteiger partial charge in [-0.3, -0.25) is 0 Å². The summed E-state index contributed by atoms with van der Waals surface area (Å²) in [6, 6.07) is 7.93. The SMILES string of the molecule is COc1ccc(COCC2=COC(OC)C3C=CCC23)cc1. The van der Waals surface area contributed by atoms with Crippen molar-refractivity contribution < 1.29 is 18.9 Å². The molecule has 0 amide bonds. The maximum Gasteiger partial charge on any atom is 0.205 e. The number of rotatable bonds is 6. The van der Waals surface area contributed by atoms with Crippen molar-refractivity contribution in [3.63, 3.8) is 0 Å². The first-order chi connectivity index (χ1) is 10.8. The van der Waals surface area contributed by atoms with E-state index in [2.05, 4.69) is 12.2 Å². The maximum absolute atomic E-state index is 5.85. The second-order valence-corrected chi connectivity index (χ2v) is 5.62. The average molecular weight is 302 g/mol. The normalized spacial score (nSPS) is 26.3. The molecule has 1 aromatic rings. The van der Waals surface area contributed by atoms with Crippen molar-refractivity contribution in [3.05, 3.63) is 53.8 Å². The Labute approximate surface area is 131 Å². The van der Waals surface area contributed by atoms with Crippen molar-refractivity contribution >= 4 is 0 Å². The Hall–Kier alpha value is -1.78. The van der Waals surface area contributed by atoms with Crippen LogP contribution in [0.4, 0.5) is 0 Å². The lowest BCUT2D eigenvalue weighted by Gasteiger charge is -2.32. The Morgan fingerprint density at radius 2 is 1.95 bits per heavy atom. The van der Waals surface area contributed by atoms with Crippen molar-refractivity contribution in [2.24, 2.45) is 11.8 Å². The molecule has 3 rings (SSSR count). The van der Waals surface area contributed by atoms with Crippen LogP contribution < -0.4 is 4.74 Å². The molecule has 0 bridgehead atoms. The molecule has 3 unspecified atom stereocenters. The van der Waals surface area contributed by atoms with Gasteiger partial charge in [-0.15, -0.1) is 0 Å². The van der Waals surface area contributed by atoms with E-state index in [0.717, 1.165) is 17.7 Å². The van der Waals surface area contributed by atoms with E-state index >= 15 is 0 Å². The lowest BCUT2D eigenvalue weighted by Crippen LogP contribution is -2.33. The minimum Gasteiger partial charge on any atom is -0.497 e. The van der Waals surface area contributed by atoms with E-state index in [1.807, 2.05) is 30.5 Å². The van der Waals surface area contributed by atoms with E-state index in [4.69, 9.17) is 18.9 Å². The summed E-state index contributed by atoms with van der Waals surface area (Å²) in [6.07, 6.45) is 7.07. The number of fused-ring (bicyclic) bond motifs is 1. The Morgan fingerprint density at radius 3 is 2.68 bits per heavy atom. The second-order valence-electron chi connectivity index (χ2n) is 5.62. The molecular formula is C18H22O4. The van der Waals surface area contributed by atoms with Gasteiger partial charge >= 0.3 is 0 Å². The molecule has 0 radical (unpaired) electrons. The molecule has 0 saturated carbocycles. The Balaban J connectivity index is 1.54. The van der Waals surface area contributed by atoms with Crippen LogP contribution in [-0.4, -0.2) is 27.1 Å². The summed E-state index contributed by atoms with van der Waals surface area (Å²) in [7, 11) is 3.35. The number of allylic oxidation sites excluding steroid dienone is 1. The van der Waals surface area contributed by atoms with Gasteiger partial charge in [0.1, 0.15) is 5.75 Å². The van der Waals surface area contributed by atoms with Crippen LogP contribution in [-0.2, 0) is 20.8 Å². The zero-order valence-corrected chi connectivity index (χ0v) is 13.0. The molecule has 2 aliphatic rings. The van der Waals surface area contributed by atoms with Gasteiger partial charge in [0.05, 0.1) is 26.6 Å². The third-order valence-corrected chi connectivity index (χ3v) is 4.29. The van der Waals surface area contributed by atoms with Crippen molar-refractivity contribution in [1.29, 1.82) is 0 Å². The summed E-state index contributed by atoms with van der Waals surface area (Å²) in [4.78, 5) is 0. The first kappa shape index (κ1) is 15.1. The monoisotopic (exact) mass is 302 g/mol. The molecule has 0 spiro atoms. The number of ether oxygens (including phenoxy) is 4. The number of hydrogen-bond acceptors (Lipinski definition) is 4. The van der Waals surface area contributed by atoms with Crippen molar-refractivity contribution in [2.75, 3.05) is 20.8 Å². The van der Waals surface area contributed by atoms with E-state index in [9.17, 15) is 0 Å². The molecule has 3 atom stereocenters. The highest BCUT2D eigenvalue weighted by Gasteiger charge is 2.37. The lowest BCUT2D eigenvalue weighted by molar-refractivity contribution is -0.127. The second kappa shape index (κ2) is 6.99. The molecule has 0 saturated heterocycles. The molecule has 118 valence electrons. The van der Waals surface area contributed by atoms with Gasteiger partial charge in [-0.2, -0.15) is 0 Å². The minimum absolute atomic E-state index is 0.172. The molecule has 1 aromatic carbocycles. The predicted molar refractivity (Wildman–Crippen MR) is 83.4 cm³/mol. The van der Waals surface area contributed by atoms with Crippen LogP contribution in [0.3, 0.4) is 0 Å². The van der Waals surface area contributed by atoms with Crippen LogP contribution >= 0.6 is 0 Å². The molecule has 0 fully saturated rings. The van der Waals surface area contributed by atoms with Crippen LogP contribution in [0.15, 0.2) is 48.3 Å². The number of hydrogen-bond donors (Lipinski definition) is 0. The summed E-state index contributed by atoms with van der Waals surface area (Å²) < 4.78 is 22.0. The number of methoxy groups -OCH3 is 2. The third-order valence-electron chi connectivity index (χ3n) is 4.29. The summed E-state index contributed by atoms with van der Waals surface area (Å²) in [5, 5.41) is 0. The highest BCUT2D eigenvalue weighted by atomic mass is 16.7. The van der Waals surface area contributed by atoms with Crippen LogP contribution in [0.25, 0.3) is 0 Å². The molecule has 4 nitrogen and oxygen atoms in total. The maximum atomic E-state index is 5.85. The molecule has 4 heteroatoms. The third kappa shape index (κ3) is 3.18. The summed E-state index contributed by atoms with van der Waals surface area (Å²) in [5.74, 6) is 1.60. The fourth-order valence-electron chi connectivity index (χ4n) is 3.05. The van der Waals surface area contributed by atoms with Gasteiger partial charge in [0.15, 0.2) is 0 Å². The van der Waals surface area contributed by atoms with Gasteiger partial charge in [-0.25, -0.2) is 0 Å². The quantitative estimate of drug-likeness (QED) is 0.756. The summed E-state index contributed by atoms with van der Waals surface area (Å²) in [5.41, 5.74) is 2.34. The van der Waals surface area contributed by atoms with Crippen LogP contribution in [0.1, 0.15) is 12.0 Å². The van der Waals surface area contributed by atoms with Gasteiger partial charge in [-0.05, 0) is 29.7 Å². The highest BCUT2D eigenvalue weighted by molar-refractivity contribution is 5.26. The molecule has 1 heterocycles. The standard InChI is InChI=1S/C18H22O4/c1-19-15-8-6-13(7-9-15)10-21-11-14-12-22-18(20-2)17-5-3-4-16(14)17/h3,5-9,12,16-18H,4,10-11H2,1-2H3. The van der Waals surface area contributed by atoms with Gasteiger partial charge in [0, 0.05) is 18.9 Å². The van der Waals surface area contributed by atoms with E-state index in [0.29, 0.717) is 25.0 Å². The van der Waals surface area contributed by atoms with Gasteiger partial charge in [0.2, 0.25) is 6.29 Å². The van der Waals surface area contributed by atoms with Crippen LogP contribution in [0, 0.1) is 11.8 Å². The van der Waals surface area contributed by atoms with Crippen LogP contribution in [0.2, 0.25) is 0 Å². The molecule has 1 aliphatic heterocycles. The van der Waals surface area contributed by atoms with E-state index in [1.165, 1.54) is 5.57 Å². The van der Waals surface area contributed by atoms with Crippen molar-refractivity contribution in [1.82, 2.24) is 0 Å². The lowest BCUT2D eigenvalue weighted by atomic mass is 9.87. The fourth-order valence-corrected chi connectivity index (χ4v) is 3.05. The number of benzene rings is 1. The molecule has 22 heavy (non-hydrogen) atoms. The smallest absolute Gasteiger partial charge is 0.205 e. The zero-order chi connectivity index (χ0) is 15.4. The Kier molecular flexibility index (Phi) is 4.80. The minimum atomic E-state index is -0.172. The average Bonchev–Trinajstić information content (AvgIpc) is 3.05. The van der Waals surface area contributed by atoms with E-state index < -0.39 is 0 Å². The summed E-state index contributed by atoms with van der Waals surface area (Å²) in [6.45, 7) is 1.17. The van der Waals surface area contributed by atoms with Crippen molar-refractivity contribution in [3.8, 4) is 5.75 Å². The molecular weight excluding hydrogens is 280 g/mol. The molecule has 1 aliphatic carbocycles. The highest BCUT2D eigenvalue weighted by Crippen LogP contribution is 2.38. The first-order valence-corrected chi connectivity index (χ1v) is 7.56. The van der Waals surface area contributed by atoms with E-state index in [1.54, 1.807) is 14.2 Å². The largest absolute Gasteiger partial charge is 0.497 e. The Morgan fingerprint density at radius 1 is 1.14 bits per heavy atom. The van der Waals surface area contributed by atoms with Gasteiger partial charge in [-0.1, -0.05) is 24.3 Å². The van der Waals surface area contributed by atoms with Crippen molar-refractivity contribution in [2.45, 2.75) is 19.3 Å². The zero-order valence-electron chi connectivity index (χ0n) is 13.0. The predicted octanol–water partition coefficient (Wildman–Crippen LogP) is 3.29. The van der Waals surface area contributed by atoms with E-state index in [-0.39, 0.29) is 6.29 Å². The molecule has 0 N–H and O–H groups in total. The fraction of sp³-hybridized carbons (Fsp3) is 0.444. The van der Waals surface area contributed by atoms with Gasteiger partial charge in [0.25, 0.3) is 0 Å². The summed E-state index contributed by atoms with van der Waals surface area (Å²) >= 11 is 0. The topological polar surface area (TPSA) is 36.9 Å².